The number of carbonyl (C=O) groups is 1. The molecule has 1 aliphatic carbocycles. The quantitative estimate of drug-likeness (QED) is 0.701. The number of nitrogens with zero attached hydrogens (tertiary/aromatic N) is 3. The number of anilines is 1. The van der Waals surface area contributed by atoms with Crippen molar-refractivity contribution in [2.45, 2.75) is 24.2 Å². The number of sulfonamides is 1. The SMILES string of the molecule is CN(C)S(=O)(=O)c1ccc(C(=O)Nc2c3c(nn2-c2ccccc2)CCC3)cc1. The molecule has 2 aromatic carbocycles. The number of hydrogen-bond donors (Lipinski definition) is 1. The van der Waals surface area contributed by atoms with Crippen molar-refractivity contribution in [3.63, 3.8) is 0 Å². The summed E-state index contributed by atoms with van der Waals surface area (Å²) in [6, 6.07) is 15.6. The van der Waals surface area contributed by atoms with Gasteiger partial charge in [-0.25, -0.2) is 17.4 Å². The van der Waals surface area contributed by atoms with Gasteiger partial charge < -0.3 is 5.32 Å². The van der Waals surface area contributed by atoms with Crippen molar-refractivity contribution in [3.05, 3.63) is 71.4 Å². The smallest absolute Gasteiger partial charge is 0.256 e. The Morgan fingerprint density at radius 3 is 2.38 bits per heavy atom. The number of aryl methyl sites for hydroxylation is 1. The Hall–Kier alpha value is -2.97. The molecule has 0 atom stereocenters. The van der Waals surface area contributed by atoms with Crippen LogP contribution in [0.15, 0.2) is 59.5 Å². The van der Waals surface area contributed by atoms with E-state index >= 15 is 0 Å². The molecule has 0 bridgehead atoms. The Labute approximate surface area is 170 Å². The van der Waals surface area contributed by atoms with Crippen LogP contribution in [-0.4, -0.2) is 42.5 Å². The number of carbonyl (C=O) groups excluding carboxylic acids is 1. The van der Waals surface area contributed by atoms with Gasteiger partial charge in [0.05, 0.1) is 16.3 Å². The molecule has 7 nitrogen and oxygen atoms in total. The van der Waals surface area contributed by atoms with Gasteiger partial charge >= 0.3 is 0 Å². The first-order valence-corrected chi connectivity index (χ1v) is 10.8. The first-order chi connectivity index (χ1) is 13.9. The van der Waals surface area contributed by atoms with Crippen LogP contribution in [0.1, 0.15) is 28.0 Å². The number of fused-ring (bicyclic) bond motifs is 1. The number of nitrogens with one attached hydrogen (secondary N) is 1. The zero-order valence-corrected chi connectivity index (χ0v) is 17.1. The first kappa shape index (κ1) is 19.4. The molecule has 0 spiro atoms. The third-order valence-corrected chi connectivity index (χ3v) is 6.86. The van der Waals surface area contributed by atoms with E-state index in [0.717, 1.165) is 40.5 Å². The van der Waals surface area contributed by atoms with Gasteiger partial charge in [-0.2, -0.15) is 5.10 Å². The van der Waals surface area contributed by atoms with Gasteiger partial charge in [0.2, 0.25) is 10.0 Å². The summed E-state index contributed by atoms with van der Waals surface area (Å²) in [7, 11) is -0.586. The number of benzene rings is 2. The van der Waals surface area contributed by atoms with Crippen LogP contribution in [0.25, 0.3) is 5.69 Å². The molecular weight excluding hydrogens is 388 g/mol. The molecule has 1 amide bonds. The fourth-order valence-corrected chi connectivity index (χ4v) is 4.35. The minimum absolute atomic E-state index is 0.147. The summed E-state index contributed by atoms with van der Waals surface area (Å²) in [4.78, 5) is 13.0. The van der Waals surface area contributed by atoms with Crippen LogP contribution in [0.4, 0.5) is 5.82 Å². The molecule has 150 valence electrons. The van der Waals surface area contributed by atoms with Gasteiger partial charge in [0.1, 0.15) is 5.82 Å². The molecule has 4 rings (SSSR count). The van der Waals surface area contributed by atoms with Gasteiger partial charge in [-0.05, 0) is 55.7 Å². The largest absolute Gasteiger partial charge is 0.306 e. The highest BCUT2D eigenvalue weighted by Crippen LogP contribution is 2.31. The van der Waals surface area contributed by atoms with E-state index in [-0.39, 0.29) is 10.8 Å². The molecule has 0 unspecified atom stereocenters. The maximum absolute atomic E-state index is 12.9. The third kappa shape index (κ3) is 3.56. The van der Waals surface area contributed by atoms with Crippen LogP contribution >= 0.6 is 0 Å². The first-order valence-electron chi connectivity index (χ1n) is 9.38. The standard InChI is InChI=1S/C21H22N4O3S/c1-24(2)29(27,28)17-13-11-15(12-14-17)21(26)22-20-18-9-6-10-19(18)23-25(20)16-7-4-3-5-8-16/h3-5,7-8,11-14H,6,9-10H2,1-2H3,(H,22,26). The van der Waals surface area contributed by atoms with E-state index < -0.39 is 10.0 Å². The lowest BCUT2D eigenvalue weighted by Gasteiger charge is -2.13. The molecule has 0 aliphatic heterocycles. The minimum atomic E-state index is -3.53. The van der Waals surface area contributed by atoms with Crippen LogP contribution in [0.3, 0.4) is 0 Å². The summed E-state index contributed by atoms with van der Waals surface area (Å²) in [5, 5.41) is 7.68. The van der Waals surface area contributed by atoms with Crippen LogP contribution in [0.5, 0.6) is 0 Å². The highest BCUT2D eigenvalue weighted by atomic mass is 32.2. The molecule has 29 heavy (non-hydrogen) atoms. The average molecular weight is 410 g/mol. The van der Waals surface area contributed by atoms with Crippen LogP contribution in [0.2, 0.25) is 0 Å². The number of rotatable bonds is 5. The summed E-state index contributed by atoms with van der Waals surface area (Å²) in [5.41, 5.74) is 3.34. The molecule has 0 fully saturated rings. The molecule has 0 saturated heterocycles. The molecule has 1 N–H and O–H groups in total. The van der Waals surface area contributed by atoms with Gasteiger partial charge in [-0.3, -0.25) is 4.79 Å². The fraction of sp³-hybridized carbons (Fsp3) is 0.238. The predicted molar refractivity (Wildman–Crippen MR) is 111 cm³/mol. The molecule has 1 aromatic heterocycles. The summed E-state index contributed by atoms with van der Waals surface area (Å²) in [6.07, 6.45) is 2.79. The van der Waals surface area contributed by atoms with Crippen molar-refractivity contribution in [2.75, 3.05) is 19.4 Å². The van der Waals surface area contributed by atoms with Gasteiger partial charge in [-0.15, -0.1) is 0 Å². The highest BCUT2D eigenvalue weighted by Gasteiger charge is 2.25. The van der Waals surface area contributed by atoms with E-state index in [0.29, 0.717) is 11.4 Å². The Bertz CT molecular complexity index is 1150. The normalized spacial score (nSPS) is 13.5. The second-order valence-electron chi connectivity index (χ2n) is 7.14. The summed E-state index contributed by atoms with van der Waals surface area (Å²) in [6.45, 7) is 0. The molecule has 3 aromatic rings. The predicted octanol–water partition coefficient (Wildman–Crippen LogP) is 2.86. The number of aromatic nitrogens is 2. The van der Waals surface area contributed by atoms with Gasteiger partial charge in [0.15, 0.2) is 0 Å². The van der Waals surface area contributed by atoms with E-state index in [1.165, 1.54) is 38.4 Å². The maximum Gasteiger partial charge on any atom is 0.256 e. The van der Waals surface area contributed by atoms with Gasteiger partial charge in [0.25, 0.3) is 5.91 Å². The lowest BCUT2D eigenvalue weighted by Crippen LogP contribution is -2.22. The summed E-state index contributed by atoms with van der Waals surface area (Å²) < 4.78 is 27.3. The second-order valence-corrected chi connectivity index (χ2v) is 9.29. The molecule has 8 heteroatoms. The minimum Gasteiger partial charge on any atom is -0.306 e. The number of hydrogen-bond acceptors (Lipinski definition) is 4. The lowest BCUT2D eigenvalue weighted by molar-refractivity contribution is 0.102. The van der Waals surface area contributed by atoms with Crippen molar-refractivity contribution >= 4 is 21.7 Å². The van der Waals surface area contributed by atoms with E-state index in [1.807, 2.05) is 30.3 Å². The highest BCUT2D eigenvalue weighted by molar-refractivity contribution is 7.89. The van der Waals surface area contributed by atoms with Gasteiger partial charge in [0, 0.05) is 25.2 Å². The Morgan fingerprint density at radius 2 is 1.72 bits per heavy atom. The maximum atomic E-state index is 12.9. The molecule has 0 radical (unpaired) electrons. The van der Waals surface area contributed by atoms with E-state index in [4.69, 9.17) is 5.10 Å². The number of para-hydroxylation sites is 1. The third-order valence-electron chi connectivity index (χ3n) is 5.03. The summed E-state index contributed by atoms with van der Waals surface area (Å²) in [5.74, 6) is 0.379. The van der Waals surface area contributed by atoms with E-state index in [2.05, 4.69) is 5.32 Å². The van der Waals surface area contributed by atoms with E-state index in [1.54, 1.807) is 4.68 Å². The lowest BCUT2D eigenvalue weighted by atomic mass is 10.2. The average Bonchev–Trinajstić information content (AvgIpc) is 3.31. The van der Waals surface area contributed by atoms with Crippen LogP contribution < -0.4 is 5.32 Å². The Morgan fingerprint density at radius 1 is 1.03 bits per heavy atom. The Kier molecular flexibility index (Phi) is 4.97. The Balaban J connectivity index is 1.64. The van der Waals surface area contributed by atoms with Crippen LogP contribution in [0, 0.1) is 0 Å². The van der Waals surface area contributed by atoms with Gasteiger partial charge in [-0.1, -0.05) is 18.2 Å². The zero-order valence-electron chi connectivity index (χ0n) is 16.3. The summed E-state index contributed by atoms with van der Waals surface area (Å²) >= 11 is 0. The monoisotopic (exact) mass is 410 g/mol. The van der Waals surface area contributed by atoms with Crippen molar-refractivity contribution in [1.82, 2.24) is 14.1 Å². The molecule has 1 aliphatic rings. The molecule has 0 saturated carbocycles. The molecular formula is C21H22N4O3S. The van der Waals surface area contributed by atoms with Crippen molar-refractivity contribution in [2.24, 2.45) is 0 Å². The topological polar surface area (TPSA) is 84.3 Å². The fourth-order valence-electron chi connectivity index (χ4n) is 3.44. The van der Waals surface area contributed by atoms with E-state index in [9.17, 15) is 13.2 Å². The van der Waals surface area contributed by atoms with Crippen molar-refractivity contribution in [3.8, 4) is 5.69 Å². The van der Waals surface area contributed by atoms with Crippen LogP contribution in [-0.2, 0) is 22.9 Å². The number of amides is 1. The van der Waals surface area contributed by atoms with Crippen molar-refractivity contribution < 1.29 is 13.2 Å². The van der Waals surface area contributed by atoms with Crippen molar-refractivity contribution in [1.29, 1.82) is 0 Å². The zero-order chi connectivity index (χ0) is 20.6. The second kappa shape index (κ2) is 7.46. The molecule has 1 heterocycles.